The van der Waals surface area contributed by atoms with Crippen molar-refractivity contribution in [1.82, 2.24) is 0 Å². The molecule has 1 nitrogen and oxygen atoms in total. The van der Waals surface area contributed by atoms with E-state index in [9.17, 15) is 0 Å². The molecule has 0 spiro atoms. The molecule has 2 rings (SSSR count). The standard InChI is InChI=1S/C12H19NS/c1-12(6-3-11(13)8-12)5-2-10-4-7-14-9-10/h4,7,9,11H,2-3,5-6,8,13H2,1H3. The molecule has 1 aromatic rings. The van der Waals surface area contributed by atoms with Crippen LogP contribution < -0.4 is 5.73 Å². The van der Waals surface area contributed by atoms with Crippen molar-refractivity contribution >= 4 is 11.3 Å². The Kier molecular flexibility index (Phi) is 2.93. The highest BCUT2D eigenvalue weighted by Gasteiger charge is 2.32. The molecule has 2 atom stereocenters. The summed E-state index contributed by atoms with van der Waals surface area (Å²) in [5.74, 6) is 0. The van der Waals surface area contributed by atoms with Gasteiger partial charge in [-0.3, -0.25) is 0 Å². The van der Waals surface area contributed by atoms with E-state index in [2.05, 4.69) is 23.8 Å². The van der Waals surface area contributed by atoms with Gasteiger partial charge in [-0.2, -0.15) is 11.3 Å². The smallest absolute Gasteiger partial charge is 0.00442 e. The van der Waals surface area contributed by atoms with E-state index in [0.717, 1.165) is 0 Å². The molecule has 0 amide bonds. The Morgan fingerprint density at radius 2 is 2.50 bits per heavy atom. The summed E-state index contributed by atoms with van der Waals surface area (Å²) in [5, 5.41) is 4.43. The summed E-state index contributed by atoms with van der Waals surface area (Å²) in [7, 11) is 0. The SMILES string of the molecule is CC1(CCc2ccsc2)CCC(N)C1. The van der Waals surface area contributed by atoms with Gasteiger partial charge in [0.25, 0.3) is 0 Å². The summed E-state index contributed by atoms with van der Waals surface area (Å²) in [6.07, 6.45) is 6.29. The maximum atomic E-state index is 5.96. The van der Waals surface area contributed by atoms with Gasteiger partial charge in [0.15, 0.2) is 0 Å². The van der Waals surface area contributed by atoms with Crippen molar-refractivity contribution in [3.05, 3.63) is 22.4 Å². The Hall–Kier alpha value is -0.340. The van der Waals surface area contributed by atoms with E-state index in [4.69, 9.17) is 5.73 Å². The quantitative estimate of drug-likeness (QED) is 0.813. The van der Waals surface area contributed by atoms with Gasteiger partial charge in [-0.05, 0) is 59.9 Å². The normalized spacial score (nSPS) is 32.3. The summed E-state index contributed by atoms with van der Waals surface area (Å²) >= 11 is 1.80. The maximum absolute atomic E-state index is 5.96. The molecule has 0 aliphatic heterocycles. The first kappa shape index (κ1) is 10.2. The first-order valence-electron chi connectivity index (χ1n) is 5.45. The minimum absolute atomic E-state index is 0.461. The summed E-state index contributed by atoms with van der Waals surface area (Å²) in [5.41, 5.74) is 7.97. The van der Waals surface area contributed by atoms with Crippen molar-refractivity contribution in [2.24, 2.45) is 11.1 Å². The van der Waals surface area contributed by atoms with E-state index in [1.54, 1.807) is 11.3 Å². The van der Waals surface area contributed by atoms with Crippen LogP contribution in [-0.2, 0) is 6.42 Å². The molecule has 0 aromatic carbocycles. The highest BCUT2D eigenvalue weighted by Crippen LogP contribution is 2.40. The van der Waals surface area contributed by atoms with Gasteiger partial charge in [-0.25, -0.2) is 0 Å². The highest BCUT2D eigenvalue weighted by molar-refractivity contribution is 7.07. The number of thiophene rings is 1. The lowest BCUT2D eigenvalue weighted by Crippen LogP contribution is -2.19. The largest absolute Gasteiger partial charge is 0.328 e. The van der Waals surface area contributed by atoms with Gasteiger partial charge in [-0.15, -0.1) is 0 Å². The van der Waals surface area contributed by atoms with Crippen LogP contribution in [-0.4, -0.2) is 6.04 Å². The van der Waals surface area contributed by atoms with Gasteiger partial charge >= 0.3 is 0 Å². The van der Waals surface area contributed by atoms with Crippen molar-refractivity contribution < 1.29 is 0 Å². The third-order valence-electron chi connectivity index (χ3n) is 3.47. The van der Waals surface area contributed by atoms with E-state index in [0.29, 0.717) is 11.5 Å². The maximum Gasteiger partial charge on any atom is 0.00442 e. The van der Waals surface area contributed by atoms with Crippen LogP contribution in [0, 0.1) is 5.41 Å². The second kappa shape index (κ2) is 4.03. The minimum atomic E-state index is 0.461. The molecule has 0 bridgehead atoms. The predicted molar refractivity (Wildman–Crippen MR) is 62.6 cm³/mol. The zero-order chi connectivity index (χ0) is 10.0. The fourth-order valence-corrected chi connectivity index (χ4v) is 3.18. The van der Waals surface area contributed by atoms with Gasteiger partial charge in [0.05, 0.1) is 0 Å². The van der Waals surface area contributed by atoms with Crippen LogP contribution in [0.1, 0.15) is 38.2 Å². The van der Waals surface area contributed by atoms with E-state index in [-0.39, 0.29) is 0 Å². The molecule has 1 aliphatic carbocycles. The van der Waals surface area contributed by atoms with E-state index in [1.807, 2.05) is 0 Å². The number of rotatable bonds is 3. The first-order valence-corrected chi connectivity index (χ1v) is 6.39. The molecule has 0 saturated heterocycles. The molecule has 78 valence electrons. The molecule has 1 heterocycles. The van der Waals surface area contributed by atoms with E-state index in [1.165, 1.54) is 37.7 Å². The Balaban J connectivity index is 1.86. The molecule has 1 aliphatic rings. The van der Waals surface area contributed by atoms with Crippen LogP contribution in [0.15, 0.2) is 16.8 Å². The second-order valence-electron chi connectivity index (χ2n) is 4.95. The number of hydrogen-bond donors (Lipinski definition) is 1. The van der Waals surface area contributed by atoms with Gasteiger partial charge in [0, 0.05) is 6.04 Å². The fraction of sp³-hybridized carbons (Fsp3) is 0.667. The Morgan fingerprint density at radius 3 is 3.07 bits per heavy atom. The van der Waals surface area contributed by atoms with E-state index >= 15 is 0 Å². The Bertz CT molecular complexity index is 281. The third kappa shape index (κ3) is 2.37. The number of aryl methyl sites for hydroxylation is 1. The fourth-order valence-electron chi connectivity index (χ4n) is 2.48. The van der Waals surface area contributed by atoms with Crippen molar-refractivity contribution in [2.45, 2.75) is 45.1 Å². The van der Waals surface area contributed by atoms with Gasteiger partial charge in [0.1, 0.15) is 0 Å². The lowest BCUT2D eigenvalue weighted by Gasteiger charge is -2.23. The summed E-state index contributed by atoms with van der Waals surface area (Å²) in [6, 6.07) is 2.70. The summed E-state index contributed by atoms with van der Waals surface area (Å²) in [6.45, 7) is 2.40. The van der Waals surface area contributed by atoms with Crippen molar-refractivity contribution in [1.29, 1.82) is 0 Å². The molecule has 14 heavy (non-hydrogen) atoms. The summed E-state index contributed by atoms with van der Waals surface area (Å²) < 4.78 is 0. The van der Waals surface area contributed by atoms with Gasteiger partial charge < -0.3 is 5.73 Å². The average Bonchev–Trinajstić information content (AvgIpc) is 2.73. The molecular weight excluding hydrogens is 190 g/mol. The summed E-state index contributed by atoms with van der Waals surface area (Å²) in [4.78, 5) is 0. The molecule has 2 heteroatoms. The molecule has 2 unspecified atom stereocenters. The Morgan fingerprint density at radius 1 is 1.64 bits per heavy atom. The molecular formula is C12H19NS. The average molecular weight is 209 g/mol. The van der Waals surface area contributed by atoms with Crippen molar-refractivity contribution in [2.75, 3.05) is 0 Å². The van der Waals surface area contributed by atoms with Crippen molar-refractivity contribution in [3.63, 3.8) is 0 Å². The zero-order valence-electron chi connectivity index (χ0n) is 8.83. The van der Waals surface area contributed by atoms with Crippen LogP contribution in [0.5, 0.6) is 0 Å². The zero-order valence-corrected chi connectivity index (χ0v) is 9.65. The minimum Gasteiger partial charge on any atom is -0.328 e. The Labute approximate surface area is 90.3 Å². The molecule has 0 radical (unpaired) electrons. The lowest BCUT2D eigenvalue weighted by atomic mass is 9.83. The molecule has 2 N–H and O–H groups in total. The third-order valence-corrected chi connectivity index (χ3v) is 4.20. The topological polar surface area (TPSA) is 26.0 Å². The van der Waals surface area contributed by atoms with Crippen LogP contribution in [0.2, 0.25) is 0 Å². The van der Waals surface area contributed by atoms with Crippen LogP contribution >= 0.6 is 11.3 Å². The lowest BCUT2D eigenvalue weighted by molar-refractivity contribution is 0.304. The predicted octanol–water partition coefficient (Wildman–Crippen LogP) is 3.20. The van der Waals surface area contributed by atoms with Crippen LogP contribution in [0.3, 0.4) is 0 Å². The van der Waals surface area contributed by atoms with Crippen LogP contribution in [0.4, 0.5) is 0 Å². The van der Waals surface area contributed by atoms with Crippen molar-refractivity contribution in [3.8, 4) is 0 Å². The monoisotopic (exact) mass is 209 g/mol. The highest BCUT2D eigenvalue weighted by atomic mass is 32.1. The number of hydrogen-bond acceptors (Lipinski definition) is 2. The van der Waals surface area contributed by atoms with Crippen LogP contribution in [0.25, 0.3) is 0 Å². The first-order chi connectivity index (χ1) is 6.68. The molecule has 1 fully saturated rings. The molecule has 1 aromatic heterocycles. The number of nitrogens with two attached hydrogens (primary N) is 1. The van der Waals surface area contributed by atoms with Gasteiger partial charge in [0.2, 0.25) is 0 Å². The van der Waals surface area contributed by atoms with Gasteiger partial charge in [-0.1, -0.05) is 6.92 Å². The van der Waals surface area contributed by atoms with E-state index < -0.39 is 0 Å². The molecule has 1 saturated carbocycles. The second-order valence-corrected chi connectivity index (χ2v) is 5.73.